The Bertz CT molecular complexity index is 1130. The number of carbonyl (C=O) groups excluding carboxylic acids is 1. The molecule has 1 amide bonds. The number of sulfonamides is 1. The minimum atomic E-state index is -3.64. The first kappa shape index (κ1) is 21.4. The number of nitrogens with one attached hydrogen (secondary N) is 1. The Hall–Kier alpha value is -3.32. The molecule has 7 heteroatoms. The standard InChI is InChI=1S/C23H25N3O3S/c1-18-11-7-9-15-21(18)26(30(3,28)29)17-23(27)24-20-14-8-10-16-22(20)25(2)19-12-5-4-6-13-19/h4-16H,17H2,1-3H3,(H,24,27). The number of para-hydroxylation sites is 4. The van der Waals surface area contributed by atoms with E-state index in [-0.39, 0.29) is 6.54 Å². The zero-order valence-corrected chi connectivity index (χ0v) is 18.1. The molecule has 3 aromatic rings. The average molecular weight is 424 g/mol. The fourth-order valence-corrected chi connectivity index (χ4v) is 4.12. The highest BCUT2D eigenvalue weighted by Crippen LogP contribution is 2.30. The van der Waals surface area contributed by atoms with E-state index in [9.17, 15) is 13.2 Å². The van der Waals surface area contributed by atoms with E-state index in [4.69, 9.17) is 0 Å². The summed E-state index contributed by atoms with van der Waals surface area (Å²) < 4.78 is 25.9. The molecular formula is C23H25N3O3S. The van der Waals surface area contributed by atoms with Gasteiger partial charge in [-0.15, -0.1) is 0 Å². The lowest BCUT2D eigenvalue weighted by Crippen LogP contribution is -2.38. The number of hydrogen-bond donors (Lipinski definition) is 1. The molecule has 0 saturated carbocycles. The van der Waals surface area contributed by atoms with Gasteiger partial charge in [0.05, 0.1) is 23.3 Å². The smallest absolute Gasteiger partial charge is 0.245 e. The number of nitrogens with zero attached hydrogens (tertiary/aromatic N) is 2. The van der Waals surface area contributed by atoms with Gasteiger partial charge in [0.1, 0.15) is 6.54 Å². The van der Waals surface area contributed by atoms with Crippen LogP contribution in [0.5, 0.6) is 0 Å². The molecule has 0 aromatic heterocycles. The van der Waals surface area contributed by atoms with Crippen molar-refractivity contribution in [1.82, 2.24) is 0 Å². The van der Waals surface area contributed by atoms with Crippen molar-refractivity contribution >= 4 is 38.7 Å². The highest BCUT2D eigenvalue weighted by Gasteiger charge is 2.23. The van der Waals surface area contributed by atoms with E-state index in [1.807, 2.05) is 79.5 Å². The lowest BCUT2D eigenvalue weighted by molar-refractivity contribution is -0.114. The van der Waals surface area contributed by atoms with Crippen LogP contribution in [-0.4, -0.2) is 34.2 Å². The summed E-state index contributed by atoms with van der Waals surface area (Å²) in [5.74, 6) is -0.419. The van der Waals surface area contributed by atoms with Crippen LogP contribution in [0.4, 0.5) is 22.7 Å². The monoisotopic (exact) mass is 423 g/mol. The Morgan fingerprint density at radius 3 is 2.07 bits per heavy atom. The third kappa shape index (κ3) is 4.99. The maximum absolute atomic E-state index is 12.8. The summed E-state index contributed by atoms with van der Waals surface area (Å²) in [6.07, 6.45) is 1.10. The van der Waals surface area contributed by atoms with Crippen molar-refractivity contribution < 1.29 is 13.2 Å². The SMILES string of the molecule is Cc1ccccc1N(CC(=O)Nc1ccccc1N(C)c1ccccc1)S(C)(=O)=O. The lowest BCUT2D eigenvalue weighted by Gasteiger charge is -2.25. The van der Waals surface area contributed by atoms with Gasteiger partial charge in [0.15, 0.2) is 0 Å². The molecule has 3 rings (SSSR count). The molecule has 0 aliphatic carbocycles. The number of carbonyl (C=O) groups is 1. The van der Waals surface area contributed by atoms with Gasteiger partial charge in [0.25, 0.3) is 0 Å². The van der Waals surface area contributed by atoms with E-state index in [1.165, 1.54) is 0 Å². The largest absolute Gasteiger partial charge is 0.343 e. The zero-order chi connectivity index (χ0) is 21.7. The fraction of sp³-hybridized carbons (Fsp3) is 0.174. The van der Waals surface area contributed by atoms with E-state index < -0.39 is 15.9 Å². The Labute approximate surface area is 177 Å². The molecule has 30 heavy (non-hydrogen) atoms. The molecule has 0 heterocycles. The third-order valence-corrected chi connectivity index (χ3v) is 5.88. The molecule has 0 aliphatic heterocycles. The minimum Gasteiger partial charge on any atom is -0.343 e. The lowest BCUT2D eigenvalue weighted by atomic mass is 10.2. The van der Waals surface area contributed by atoms with Crippen LogP contribution in [0, 0.1) is 6.92 Å². The van der Waals surface area contributed by atoms with Crippen molar-refractivity contribution in [2.75, 3.05) is 34.4 Å². The van der Waals surface area contributed by atoms with Gasteiger partial charge in [0, 0.05) is 12.7 Å². The van der Waals surface area contributed by atoms with Crippen LogP contribution >= 0.6 is 0 Å². The Morgan fingerprint density at radius 2 is 1.43 bits per heavy atom. The molecule has 0 radical (unpaired) electrons. The molecule has 3 aromatic carbocycles. The summed E-state index contributed by atoms with van der Waals surface area (Å²) >= 11 is 0. The van der Waals surface area contributed by atoms with Crippen molar-refractivity contribution in [2.45, 2.75) is 6.92 Å². The topological polar surface area (TPSA) is 69.7 Å². The summed E-state index contributed by atoms with van der Waals surface area (Å²) in [5, 5.41) is 2.87. The number of rotatable bonds is 7. The average Bonchev–Trinajstić information content (AvgIpc) is 2.72. The molecule has 1 N–H and O–H groups in total. The fourth-order valence-electron chi connectivity index (χ4n) is 3.21. The zero-order valence-electron chi connectivity index (χ0n) is 17.2. The number of aryl methyl sites for hydroxylation is 1. The maximum atomic E-state index is 12.8. The number of benzene rings is 3. The molecule has 6 nitrogen and oxygen atoms in total. The van der Waals surface area contributed by atoms with E-state index in [2.05, 4.69) is 5.32 Å². The summed E-state index contributed by atoms with van der Waals surface area (Å²) in [6.45, 7) is 1.50. The normalized spacial score (nSPS) is 11.0. The first-order valence-corrected chi connectivity index (χ1v) is 11.3. The summed E-state index contributed by atoms with van der Waals surface area (Å²) in [4.78, 5) is 14.8. The molecule has 0 atom stereocenters. The minimum absolute atomic E-state index is 0.312. The molecule has 0 aliphatic rings. The van der Waals surface area contributed by atoms with E-state index in [0.717, 1.165) is 27.5 Å². The van der Waals surface area contributed by atoms with E-state index >= 15 is 0 Å². The van der Waals surface area contributed by atoms with Crippen molar-refractivity contribution in [2.24, 2.45) is 0 Å². The van der Waals surface area contributed by atoms with Gasteiger partial charge in [-0.25, -0.2) is 8.42 Å². The molecule has 0 unspecified atom stereocenters. The summed E-state index contributed by atoms with van der Waals surface area (Å²) in [7, 11) is -1.72. The third-order valence-electron chi connectivity index (χ3n) is 4.75. The second-order valence-electron chi connectivity index (χ2n) is 7.02. The highest BCUT2D eigenvalue weighted by molar-refractivity contribution is 7.92. The van der Waals surface area contributed by atoms with Crippen LogP contribution < -0.4 is 14.5 Å². The van der Waals surface area contributed by atoms with Gasteiger partial charge in [-0.1, -0.05) is 48.5 Å². The quantitative estimate of drug-likeness (QED) is 0.619. The van der Waals surface area contributed by atoms with Crippen molar-refractivity contribution in [1.29, 1.82) is 0 Å². The van der Waals surface area contributed by atoms with Crippen LogP contribution in [-0.2, 0) is 14.8 Å². The van der Waals surface area contributed by atoms with Gasteiger partial charge in [-0.05, 0) is 42.8 Å². The van der Waals surface area contributed by atoms with Gasteiger partial charge < -0.3 is 10.2 Å². The summed E-state index contributed by atoms with van der Waals surface area (Å²) in [6, 6.07) is 24.3. The first-order valence-electron chi connectivity index (χ1n) is 9.48. The van der Waals surface area contributed by atoms with Crippen LogP contribution in [0.1, 0.15) is 5.56 Å². The molecule has 0 bridgehead atoms. The van der Waals surface area contributed by atoms with Crippen LogP contribution in [0.2, 0.25) is 0 Å². The van der Waals surface area contributed by atoms with E-state index in [1.54, 1.807) is 18.2 Å². The van der Waals surface area contributed by atoms with Gasteiger partial charge in [-0.3, -0.25) is 9.10 Å². The summed E-state index contributed by atoms with van der Waals surface area (Å²) in [5.41, 5.74) is 3.65. The Morgan fingerprint density at radius 1 is 0.867 bits per heavy atom. The predicted octanol–water partition coefficient (Wildman–Crippen LogP) is 4.17. The van der Waals surface area contributed by atoms with Crippen LogP contribution in [0.3, 0.4) is 0 Å². The molecule has 0 saturated heterocycles. The number of anilines is 4. The molecule has 0 spiro atoms. The Balaban J connectivity index is 1.85. The van der Waals surface area contributed by atoms with Crippen molar-refractivity contribution in [3.8, 4) is 0 Å². The highest BCUT2D eigenvalue weighted by atomic mass is 32.2. The number of amides is 1. The van der Waals surface area contributed by atoms with Crippen molar-refractivity contribution in [3.05, 3.63) is 84.4 Å². The first-order chi connectivity index (χ1) is 14.3. The van der Waals surface area contributed by atoms with E-state index in [0.29, 0.717) is 11.4 Å². The molecular weight excluding hydrogens is 398 g/mol. The molecule has 156 valence electrons. The van der Waals surface area contributed by atoms with Crippen LogP contribution in [0.25, 0.3) is 0 Å². The predicted molar refractivity (Wildman–Crippen MR) is 123 cm³/mol. The maximum Gasteiger partial charge on any atom is 0.245 e. The molecule has 0 fully saturated rings. The van der Waals surface area contributed by atoms with Gasteiger partial charge >= 0.3 is 0 Å². The number of hydrogen-bond acceptors (Lipinski definition) is 4. The van der Waals surface area contributed by atoms with Crippen LogP contribution in [0.15, 0.2) is 78.9 Å². The second-order valence-corrected chi connectivity index (χ2v) is 8.92. The Kier molecular flexibility index (Phi) is 6.42. The van der Waals surface area contributed by atoms with Crippen molar-refractivity contribution in [3.63, 3.8) is 0 Å². The van der Waals surface area contributed by atoms with Gasteiger partial charge in [0.2, 0.25) is 15.9 Å². The second kappa shape index (κ2) is 9.00. The van der Waals surface area contributed by atoms with Gasteiger partial charge in [-0.2, -0.15) is 0 Å².